The summed E-state index contributed by atoms with van der Waals surface area (Å²) in [7, 11) is 0. The monoisotopic (exact) mass is 392 g/mol. The fourth-order valence-corrected chi connectivity index (χ4v) is 4.05. The third kappa shape index (κ3) is 5.02. The maximum Gasteiger partial charge on any atom is 0.224 e. The molecule has 2 aromatic heterocycles. The van der Waals surface area contributed by atoms with Crippen LogP contribution in [0.2, 0.25) is 0 Å². The van der Waals surface area contributed by atoms with Crippen LogP contribution in [0.3, 0.4) is 0 Å². The van der Waals surface area contributed by atoms with Crippen LogP contribution in [0.4, 0.5) is 0 Å². The highest BCUT2D eigenvalue weighted by molar-refractivity contribution is 5.87. The lowest BCUT2D eigenvalue weighted by Crippen LogP contribution is -2.40. The van der Waals surface area contributed by atoms with Crippen molar-refractivity contribution in [2.45, 2.75) is 25.4 Å². The van der Waals surface area contributed by atoms with Crippen LogP contribution in [-0.4, -0.2) is 52.1 Å². The standard InChI is InChI=1S/C23H28N4O2/c28-21(18-5-2-1-3-6-18)16-27-11-8-17(9-12-27)14-25-22(29)13-19-15-26-23-20(19)7-4-10-24-23/h1-7,10,15,17,21,28H,8-9,11-14,16H2,(H,24,26)(H,25,29). The number of rotatable bonds is 7. The predicted molar refractivity (Wildman–Crippen MR) is 113 cm³/mol. The number of aromatic amines is 1. The van der Waals surface area contributed by atoms with Crippen molar-refractivity contribution >= 4 is 16.9 Å². The predicted octanol–water partition coefficient (Wildman–Crippen LogP) is 2.67. The number of hydrogen-bond donors (Lipinski definition) is 3. The lowest BCUT2D eigenvalue weighted by molar-refractivity contribution is -0.120. The molecule has 1 saturated heterocycles. The summed E-state index contributed by atoms with van der Waals surface area (Å²) in [6.45, 7) is 3.29. The Morgan fingerprint density at radius 3 is 2.79 bits per heavy atom. The Labute approximate surface area is 171 Å². The number of piperidine rings is 1. The molecule has 152 valence electrons. The summed E-state index contributed by atoms with van der Waals surface area (Å²) >= 11 is 0. The summed E-state index contributed by atoms with van der Waals surface area (Å²) in [5.41, 5.74) is 2.77. The summed E-state index contributed by atoms with van der Waals surface area (Å²) in [6.07, 6.45) is 5.62. The zero-order valence-electron chi connectivity index (χ0n) is 16.6. The molecule has 1 aromatic carbocycles. The number of nitrogens with one attached hydrogen (secondary N) is 2. The van der Waals surface area contributed by atoms with Crippen LogP contribution in [0.5, 0.6) is 0 Å². The number of fused-ring (bicyclic) bond motifs is 1. The van der Waals surface area contributed by atoms with Crippen LogP contribution in [0.25, 0.3) is 11.0 Å². The molecule has 1 fully saturated rings. The Morgan fingerprint density at radius 1 is 1.21 bits per heavy atom. The van der Waals surface area contributed by atoms with Crippen molar-refractivity contribution in [3.8, 4) is 0 Å². The van der Waals surface area contributed by atoms with Crippen LogP contribution < -0.4 is 5.32 Å². The van der Waals surface area contributed by atoms with E-state index in [4.69, 9.17) is 0 Å². The molecule has 1 unspecified atom stereocenters. The largest absolute Gasteiger partial charge is 0.387 e. The van der Waals surface area contributed by atoms with Crippen LogP contribution in [0.1, 0.15) is 30.1 Å². The van der Waals surface area contributed by atoms with E-state index in [1.165, 1.54) is 0 Å². The molecule has 0 bridgehead atoms. The van der Waals surface area contributed by atoms with Gasteiger partial charge in [-0.1, -0.05) is 30.3 Å². The molecule has 1 amide bonds. The zero-order chi connectivity index (χ0) is 20.1. The van der Waals surface area contributed by atoms with Crippen LogP contribution in [0.15, 0.2) is 54.9 Å². The van der Waals surface area contributed by atoms with Gasteiger partial charge in [0.05, 0.1) is 12.5 Å². The van der Waals surface area contributed by atoms with Gasteiger partial charge in [-0.05, 0) is 55.1 Å². The molecule has 0 spiro atoms. The number of pyridine rings is 1. The molecule has 1 atom stereocenters. The lowest BCUT2D eigenvalue weighted by Gasteiger charge is -2.33. The number of H-pyrrole nitrogens is 1. The second kappa shape index (κ2) is 9.20. The molecule has 1 aliphatic rings. The Kier molecular flexibility index (Phi) is 6.22. The van der Waals surface area contributed by atoms with Gasteiger partial charge < -0.3 is 20.3 Å². The van der Waals surface area contributed by atoms with Crippen molar-refractivity contribution in [3.63, 3.8) is 0 Å². The number of β-amino-alcohol motifs (C(OH)–C–C–N with tert-alkyl or cyclic N) is 1. The molecule has 6 nitrogen and oxygen atoms in total. The van der Waals surface area contributed by atoms with Gasteiger partial charge in [0.1, 0.15) is 5.65 Å². The van der Waals surface area contributed by atoms with Crippen molar-refractivity contribution in [2.24, 2.45) is 5.92 Å². The van der Waals surface area contributed by atoms with E-state index in [0.717, 1.165) is 48.1 Å². The van der Waals surface area contributed by atoms with E-state index >= 15 is 0 Å². The van der Waals surface area contributed by atoms with Gasteiger partial charge in [-0.3, -0.25) is 4.79 Å². The highest BCUT2D eigenvalue weighted by Crippen LogP contribution is 2.21. The zero-order valence-corrected chi connectivity index (χ0v) is 16.6. The molecule has 4 rings (SSSR count). The highest BCUT2D eigenvalue weighted by atomic mass is 16.3. The first kappa shape index (κ1) is 19.6. The number of hydrogen-bond acceptors (Lipinski definition) is 4. The first-order valence-electron chi connectivity index (χ1n) is 10.3. The van der Waals surface area contributed by atoms with E-state index in [0.29, 0.717) is 25.4 Å². The van der Waals surface area contributed by atoms with Crippen molar-refractivity contribution in [2.75, 3.05) is 26.2 Å². The first-order valence-corrected chi connectivity index (χ1v) is 10.3. The molecule has 29 heavy (non-hydrogen) atoms. The maximum absolute atomic E-state index is 12.4. The molecular formula is C23H28N4O2. The van der Waals surface area contributed by atoms with E-state index in [1.54, 1.807) is 6.20 Å². The van der Waals surface area contributed by atoms with Crippen molar-refractivity contribution in [1.29, 1.82) is 0 Å². The minimum absolute atomic E-state index is 0.0525. The second-order valence-corrected chi connectivity index (χ2v) is 7.86. The summed E-state index contributed by atoms with van der Waals surface area (Å²) in [5.74, 6) is 0.547. The molecule has 3 heterocycles. The Hall–Kier alpha value is -2.70. The van der Waals surface area contributed by atoms with Crippen molar-refractivity contribution in [3.05, 3.63) is 66.0 Å². The van der Waals surface area contributed by atoms with Gasteiger partial charge >= 0.3 is 0 Å². The van der Waals surface area contributed by atoms with Gasteiger partial charge in [-0.25, -0.2) is 4.98 Å². The second-order valence-electron chi connectivity index (χ2n) is 7.86. The Balaban J connectivity index is 1.19. The normalized spacial score (nSPS) is 16.7. The fraction of sp³-hybridized carbons (Fsp3) is 0.391. The number of aliphatic hydroxyl groups is 1. The van der Waals surface area contributed by atoms with Gasteiger partial charge in [0.2, 0.25) is 5.91 Å². The molecule has 0 aliphatic carbocycles. The summed E-state index contributed by atoms with van der Waals surface area (Å²) < 4.78 is 0. The van der Waals surface area contributed by atoms with Crippen molar-refractivity contribution < 1.29 is 9.90 Å². The topological polar surface area (TPSA) is 81.2 Å². The maximum atomic E-state index is 12.4. The number of aromatic nitrogens is 2. The number of benzene rings is 1. The lowest BCUT2D eigenvalue weighted by atomic mass is 9.96. The highest BCUT2D eigenvalue weighted by Gasteiger charge is 2.22. The number of nitrogens with zero attached hydrogens (tertiary/aromatic N) is 2. The molecule has 3 aromatic rings. The quantitative estimate of drug-likeness (QED) is 0.577. The fourth-order valence-electron chi connectivity index (χ4n) is 4.05. The number of carbonyl (C=O) groups excluding carboxylic acids is 1. The summed E-state index contributed by atoms with van der Waals surface area (Å²) in [6, 6.07) is 13.7. The van der Waals surface area contributed by atoms with Gasteiger partial charge in [0.25, 0.3) is 0 Å². The third-order valence-electron chi connectivity index (χ3n) is 5.80. The molecule has 0 saturated carbocycles. The SMILES string of the molecule is O=C(Cc1c[nH]c2ncccc12)NCC1CCN(CC(O)c2ccccc2)CC1. The molecule has 0 radical (unpaired) electrons. The smallest absolute Gasteiger partial charge is 0.224 e. The van der Waals surface area contributed by atoms with Crippen LogP contribution in [0, 0.1) is 5.92 Å². The van der Waals surface area contributed by atoms with Gasteiger partial charge in [-0.15, -0.1) is 0 Å². The number of amides is 1. The third-order valence-corrected chi connectivity index (χ3v) is 5.80. The molecule has 1 aliphatic heterocycles. The first-order chi connectivity index (χ1) is 14.2. The molecule has 3 N–H and O–H groups in total. The van der Waals surface area contributed by atoms with Crippen LogP contribution in [-0.2, 0) is 11.2 Å². The number of aliphatic hydroxyl groups excluding tert-OH is 1. The minimum atomic E-state index is -0.446. The summed E-state index contributed by atoms with van der Waals surface area (Å²) in [4.78, 5) is 22.1. The van der Waals surface area contributed by atoms with E-state index in [2.05, 4.69) is 20.2 Å². The summed E-state index contributed by atoms with van der Waals surface area (Å²) in [5, 5.41) is 14.5. The average Bonchev–Trinajstić information content (AvgIpc) is 3.17. The van der Waals surface area contributed by atoms with E-state index < -0.39 is 6.10 Å². The van der Waals surface area contributed by atoms with Gasteiger partial charge in [-0.2, -0.15) is 0 Å². The van der Waals surface area contributed by atoms with E-state index in [9.17, 15) is 9.90 Å². The van der Waals surface area contributed by atoms with Gasteiger partial charge in [0, 0.05) is 30.9 Å². The van der Waals surface area contributed by atoms with Crippen LogP contribution >= 0.6 is 0 Å². The van der Waals surface area contributed by atoms with Crippen molar-refractivity contribution in [1.82, 2.24) is 20.2 Å². The van der Waals surface area contributed by atoms with E-state index in [-0.39, 0.29) is 5.91 Å². The average molecular weight is 393 g/mol. The Morgan fingerprint density at radius 2 is 2.00 bits per heavy atom. The number of likely N-dealkylation sites (tertiary alicyclic amines) is 1. The minimum Gasteiger partial charge on any atom is -0.387 e. The van der Waals surface area contributed by atoms with E-state index in [1.807, 2.05) is 48.7 Å². The van der Waals surface area contributed by atoms with Gasteiger partial charge in [0.15, 0.2) is 0 Å². The molecule has 6 heteroatoms. The Bertz CT molecular complexity index is 932. The number of carbonyl (C=O) groups is 1. The molecular weight excluding hydrogens is 364 g/mol.